The van der Waals surface area contributed by atoms with Crippen molar-refractivity contribution in [2.45, 2.75) is 6.42 Å². The summed E-state index contributed by atoms with van der Waals surface area (Å²) in [7, 11) is 0. The molecule has 0 aromatic heterocycles. The van der Waals surface area contributed by atoms with Crippen LogP contribution in [0.15, 0.2) is 66.7 Å². The number of ether oxygens (including phenoxy) is 3. The molecule has 34 heavy (non-hydrogen) atoms. The minimum absolute atomic E-state index is 0.194. The number of fused-ring (bicyclic) bond motifs is 1. The fourth-order valence-electron chi connectivity index (χ4n) is 3.22. The molecule has 0 radical (unpaired) electrons. The van der Waals surface area contributed by atoms with E-state index in [1.807, 2.05) is 0 Å². The molecule has 0 atom stereocenters. The highest BCUT2D eigenvalue weighted by Gasteiger charge is 2.14. The van der Waals surface area contributed by atoms with Gasteiger partial charge in [0.2, 0.25) is 5.91 Å². The van der Waals surface area contributed by atoms with Gasteiger partial charge in [0.1, 0.15) is 13.2 Å². The Morgan fingerprint density at radius 3 is 2.18 bits per heavy atom. The first-order valence-electron chi connectivity index (χ1n) is 10.5. The van der Waals surface area contributed by atoms with Crippen LogP contribution in [-0.2, 0) is 20.7 Å². The van der Waals surface area contributed by atoms with Crippen molar-refractivity contribution in [1.29, 1.82) is 0 Å². The first kappa shape index (κ1) is 23.1. The number of anilines is 2. The van der Waals surface area contributed by atoms with Crippen LogP contribution in [0.25, 0.3) is 0 Å². The number of nitrogens with one attached hydrogen (secondary N) is 2. The van der Waals surface area contributed by atoms with E-state index in [1.165, 1.54) is 12.1 Å². The smallest absolute Gasteiger partial charge is 0.338 e. The molecule has 0 unspecified atom stereocenters. The van der Waals surface area contributed by atoms with Crippen LogP contribution in [0.5, 0.6) is 11.5 Å². The molecule has 1 heterocycles. The van der Waals surface area contributed by atoms with Crippen molar-refractivity contribution < 1.29 is 28.6 Å². The number of esters is 1. The number of halogens is 1. The zero-order valence-corrected chi connectivity index (χ0v) is 18.8. The molecule has 8 nitrogen and oxygen atoms in total. The number of amides is 2. The number of rotatable bonds is 7. The summed E-state index contributed by atoms with van der Waals surface area (Å²) in [5.41, 5.74) is 2.12. The Hall–Kier alpha value is -4.04. The van der Waals surface area contributed by atoms with E-state index >= 15 is 0 Å². The number of carbonyl (C=O) groups excluding carboxylic acids is 3. The summed E-state index contributed by atoms with van der Waals surface area (Å²) in [6.07, 6.45) is 0.194. The highest BCUT2D eigenvalue weighted by Crippen LogP contribution is 2.32. The van der Waals surface area contributed by atoms with Crippen molar-refractivity contribution in [2.24, 2.45) is 0 Å². The van der Waals surface area contributed by atoms with E-state index < -0.39 is 18.5 Å². The number of benzene rings is 3. The lowest BCUT2D eigenvalue weighted by molar-refractivity contribution is -0.119. The van der Waals surface area contributed by atoms with Gasteiger partial charge in [-0.2, -0.15) is 0 Å². The van der Waals surface area contributed by atoms with Crippen molar-refractivity contribution >= 4 is 40.8 Å². The lowest BCUT2D eigenvalue weighted by atomic mass is 10.1. The third kappa shape index (κ3) is 6.26. The summed E-state index contributed by atoms with van der Waals surface area (Å²) in [4.78, 5) is 36.6. The van der Waals surface area contributed by atoms with Gasteiger partial charge < -0.3 is 24.8 Å². The van der Waals surface area contributed by atoms with Gasteiger partial charge in [-0.1, -0.05) is 23.7 Å². The van der Waals surface area contributed by atoms with Crippen LogP contribution in [0.2, 0.25) is 5.02 Å². The first-order chi connectivity index (χ1) is 16.5. The Morgan fingerprint density at radius 2 is 1.44 bits per heavy atom. The van der Waals surface area contributed by atoms with Gasteiger partial charge in [-0.15, -0.1) is 0 Å². The Morgan fingerprint density at radius 1 is 0.794 bits per heavy atom. The van der Waals surface area contributed by atoms with Crippen molar-refractivity contribution in [3.63, 3.8) is 0 Å². The maximum atomic E-state index is 12.3. The van der Waals surface area contributed by atoms with Crippen molar-refractivity contribution in [1.82, 2.24) is 0 Å². The SMILES string of the molecule is O=C(COC(=O)c1ccc(NC(=O)Cc2ccc(Cl)cc2)cc1)Nc1ccc2c(c1)OCCO2. The molecule has 4 rings (SSSR count). The predicted octanol–water partition coefficient (Wildman–Crippen LogP) is 4.09. The van der Waals surface area contributed by atoms with Gasteiger partial charge in [0.05, 0.1) is 12.0 Å². The molecule has 2 N–H and O–H groups in total. The van der Waals surface area contributed by atoms with Gasteiger partial charge >= 0.3 is 5.97 Å². The second kappa shape index (κ2) is 10.7. The van der Waals surface area contributed by atoms with E-state index in [4.69, 9.17) is 25.8 Å². The van der Waals surface area contributed by atoms with Crippen molar-refractivity contribution in [3.05, 3.63) is 82.9 Å². The molecule has 0 saturated carbocycles. The molecule has 1 aliphatic rings. The molecule has 2 amide bonds. The van der Waals surface area contributed by atoms with E-state index in [2.05, 4.69) is 10.6 Å². The van der Waals surface area contributed by atoms with Gasteiger partial charge in [-0.25, -0.2) is 4.79 Å². The Bertz CT molecular complexity index is 1200. The standard InChI is InChI=1S/C25H21ClN2O6/c26-18-5-1-16(2-6-18)13-23(29)27-19-7-3-17(4-8-19)25(31)34-15-24(30)28-20-9-10-21-22(14-20)33-12-11-32-21/h1-10,14H,11-13,15H2,(H,27,29)(H,28,30). The summed E-state index contributed by atoms with van der Waals surface area (Å²) in [6, 6.07) is 18.2. The molecule has 0 aliphatic carbocycles. The number of hydrogen-bond acceptors (Lipinski definition) is 6. The highest BCUT2D eigenvalue weighted by molar-refractivity contribution is 6.30. The number of hydrogen-bond donors (Lipinski definition) is 2. The van der Waals surface area contributed by atoms with Gasteiger partial charge in [-0.05, 0) is 54.1 Å². The fourth-order valence-corrected chi connectivity index (χ4v) is 3.34. The van der Waals surface area contributed by atoms with E-state index in [9.17, 15) is 14.4 Å². The quantitative estimate of drug-likeness (QED) is 0.494. The zero-order valence-electron chi connectivity index (χ0n) is 18.0. The summed E-state index contributed by atoms with van der Waals surface area (Å²) in [5, 5.41) is 6.01. The van der Waals surface area contributed by atoms with Crippen LogP contribution >= 0.6 is 11.6 Å². The van der Waals surface area contributed by atoms with Gasteiger partial charge in [0, 0.05) is 22.5 Å². The minimum atomic E-state index is -0.656. The summed E-state index contributed by atoms with van der Waals surface area (Å²) in [5.74, 6) is -0.192. The third-order valence-corrected chi connectivity index (χ3v) is 5.09. The lowest BCUT2D eigenvalue weighted by Gasteiger charge is -2.19. The van der Waals surface area contributed by atoms with Crippen LogP contribution in [0.4, 0.5) is 11.4 Å². The van der Waals surface area contributed by atoms with Gasteiger partial charge in [0.25, 0.3) is 5.91 Å². The molecule has 174 valence electrons. The van der Waals surface area contributed by atoms with Gasteiger partial charge in [-0.3, -0.25) is 9.59 Å². The maximum absolute atomic E-state index is 12.3. The molecular formula is C25H21ClN2O6. The van der Waals surface area contributed by atoms with Crippen LogP contribution in [0.3, 0.4) is 0 Å². The summed E-state index contributed by atoms with van der Waals surface area (Å²) >= 11 is 5.85. The molecule has 1 aliphatic heterocycles. The highest BCUT2D eigenvalue weighted by atomic mass is 35.5. The molecule has 0 saturated heterocycles. The van der Waals surface area contributed by atoms with Gasteiger partial charge in [0.15, 0.2) is 18.1 Å². The number of carbonyl (C=O) groups is 3. The summed E-state index contributed by atoms with van der Waals surface area (Å²) < 4.78 is 16.0. The normalized spacial score (nSPS) is 11.9. The molecule has 9 heteroatoms. The molecule has 3 aromatic carbocycles. The molecule has 0 fully saturated rings. The third-order valence-electron chi connectivity index (χ3n) is 4.84. The second-order valence-corrected chi connectivity index (χ2v) is 7.85. The van der Waals surface area contributed by atoms with Crippen molar-refractivity contribution in [3.8, 4) is 11.5 Å². The first-order valence-corrected chi connectivity index (χ1v) is 10.8. The zero-order chi connectivity index (χ0) is 23.9. The van der Waals surface area contributed by atoms with Crippen LogP contribution < -0.4 is 20.1 Å². The minimum Gasteiger partial charge on any atom is -0.486 e. The van der Waals surface area contributed by atoms with Crippen LogP contribution in [0.1, 0.15) is 15.9 Å². The van der Waals surface area contributed by atoms with E-state index in [1.54, 1.807) is 54.6 Å². The fraction of sp³-hybridized carbons (Fsp3) is 0.160. The molecule has 0 bridgehead atoms. The average molecular weight is 481 g/mol. The van der Waals surface area contributed by atoms with E-state index in [0.29, 0.717) is 41.1 Å². The molecular weight excluding hydrogens is 460 g/mol. The van der Waals surface area contributed by atoms with Crippen LogP contribution in [0, 0.1) is 0 Å². The topological polar surface area (TPSA) is 103 Å². The Labute approximate surface area is 200 Å². The maximum Gasteiger partial charge on any atom is 0.338 e. The summed E-state index contributed by atoms with van der Waals surface area (Å²) in [6.45, 7) is 0.463. The second-order valence-electron chi connectivity index (χ2n) is 7.41. The predicted molar refractivity (Wildman–Crippen MR) is 127 cm³/mol. The van der Waals surface area contributed by atoms with Crippen molar-refractivity contribution in [2.75, 3.05) is 30.5 Å². The molecule has 3 aromatic rings. The van der Waals surface area contributed by atoms with E-state index in [0.717, 1.165) is 5.56 Å². The van der Waals surface area contributed by atoms with E-state index in [-0.39, 0.29) is 17.9 Å². The largest absolute Gasteiger partial charge is 0.486 e. The molecule has 0 spiro atoms. The Balaban J connectivity index is 1.24. The average Bonchev–Trinajstić information content (AvgIpc) is 2.84. The lowest BCUT2D eigenvalue weighted by Crippen LogP contribution is -2.21. The Kier molecular flexibility index (Phi) is 7.29. The van der Waals surface area contributed by atoms with Crippen LogP contribution in [-0.4, -0.2) is 37.6 Å². The monoisotopic (exact) mass is 480 g/mol.